The first kappa shape index (κ1) is 36.5. The standard InChI is InChI=1S/C61H37N5/c1-4-19-38(20-5-1)40-23-18-24-41(37-40)60-62-59(39-21-6-2-7-22-39)63-61(64-60)66-52-34-17-16-29-45(52)50-35-36-51-54-49-33-15-14-32-48(49)53-46-30-12-10-27-43(46)44-28-11-13-31-47(44)55(53)58(54)65(57(51)56(50)66)42-25-8-3-9-26-42/h1-37H. The molecule has 3 heterocycles. The van der Waals surface area contributed by atoms with Gasteiger partial charge in [0.2, 0.25) is 5.95 Å². The largest absolute Gasteiger partial charge is 0.306 e. The van der Waals surface area contributed by atoms with Gasteiger partial charge in [-0.3, -0.25) is 4.57 Å². The Hall–Kier alpha value is -8.93. The molecule has 11 aromatic carbocycles. The average Bonchev–Trinajstić information content (AvgIpc) is 3.93. The summed E-state index contributed by atoms with van der Waals surface area (Å²) in [6.07, 6.45) is 0. The zero-order valence-electron chi connectivity index (χ0n) is 35.6. The van der Waals surface area contributed by atoms with Crippen LogP contribution in [0.2, 0.25) is 0 Å². The summed E-state index contributed by atoms with van der Waals surface area (Å²) in [7, 11) is 0. The van der Waals surface area contributed by atoms with Gasteiger partial charge in [-0.05, 0) is 67.7 Å². The number of hydrogen-bond acceptors (Lipinski definition) is 3. The molecule has 66 heavy (non-hydrogen) atoms. The summed E-state index contributed by atoms with van der Waals surface area (Å²) in [6, 6.07) is 80.3. The molecule has 14 aromatic rings. The lowest BCUT2D eigenvalue weighted by Gasteiger charge is -2.17. The van der Waals surface area contributed by atoms with Crippen molar-refractivity contribution in [1.82, 2.24) is 24.1 Å². The van der Waals surface area contributed by atoms with Crippen LogP contribution in [0, 0.1) is 0 Å². The molecule has 0 saturated carbocycles. The number of fused-ring (bicyclic) bond motifs is 17. The van der Waals surface area contributed by atoms with Crippen LogP contribution < -0.4 is 0 Å². The van der Waals surface area contributed by atoms with E-state index in [0.29, 0.717) is 17.6 Å². The molecule has 0 aliphatic carbocycles. The molecule has 3 aromatic heterocycles. The van der Waals surface area contributed by atoms with Crippen LogP contribution in [0.1, 0.15) is 0 Å². The van der Waals surface area contributed by atoms with Gasteiger partial charge in [0.25, 0.3) is 0 Å². The van der Waals surface area contributed by atoms with Gasteiger partial charge < -0.3 is 4.57 Å². The van der Waals surface area contributed by atoms with Gasteiger partial charge in [-0.15, -0.1) is 0 Å². The highest BCUT2D eigenvalue weighted by molar-refractivity contribution is 6.43. The van der Waals surface area contributed by atoms with Crippen LogP contribution in [0.15, 0.2) is 224 Å². The molecule has 0 saturated heterocycles. The second-order valence-electron chi connectivity index (χ2n) is 17.1. The van der Waals surface area contributed by atoms with Crippen molar-refractivity contribution in [3.8, 4) is 45.5 Å². The minimum atomic E-state index is 0.554. The van der Waals surface area contributed by atoms with E-state index in [9.17, 15) is 0 Å². The van der Waals surface area contributed by atoms with Gasteiger partial charge >= 0.3 is 0 Å². The average molecular weight is 840 g/mol. The smallest absolute Gasteiger partial charge is 0.238 e. The molecule has 5 nitrogen and oxygen atoms in total. The Labute approximate surface area is 379 Å². The van der Waals surface area contributed by atoms with Crippen molar-refractivity contribution in [3.63, 3.8) is 0 Å². The monoisotopic (exact) mass is 839 g/mol. The first-order chi connectivity index (χ1) is 32.8. The van der Waals surface area contributed by atoms with Crippen molar-refractivity contribution in [2.24, 2.45) is 0 Å². The van der Waals surface area contributed by atoms with Crippen molar-refractivity contribution in [2.75, 3.05) is 0 Å². The highest BCUT2D eigenvalue weighted by atomic mass is 15.2. The fourth-order valence-electron chi connectivity index (χ4n) is 10.7. The summed E-state index contributed by atoms with van der Waals surface area (Å²) in [4.78, 5) is 16.1. The van der Waals surface area contributed by atoms with E-state index in [0.717, 1.165) is 60.6 Å². The number of benzene rings is 11. The predicted octanol–water partition coefficient (Wildman–Crippen LogP) is 15.7. The Morgan fingerprint density at radius 2 is 0.727 bits per heavy atom. The summed E-state index contributed by atoms with van der Waals surface area (Å²) in [5.74, 6) is 1.77. The van der Waals surface area contributed by atoms with Crippen molar-refractivity contribution >= 4 is 86.7 Å². The van der Waals surface area contributed by atoms with E-state index in [4.69, 9.17) is 15.0 Å². The van der Waals surface area contributed by atoms with Gasteiger partial charge in [-0.1, -0.05) is 200 Å². The number of nitrogens with zero attached hydrogens (tertiary/aromatic N) is 5. The highest BCUT2D eigenvalue weighted by Gasteiger charge is 2.27. The Morgan fingerprint density at radius 3 is 1.41 bits per heavy atom. The molecule has 0 fully saturated rings. The second kappa shape index (κ2) is 14.3. The van der Waals surface area contributed by atoms with Crippen molar-refractivity contribution < 1.29 is 0 Å². The maximum Gasteiger partial charge on any atom is 0.238 e. The molecule has 0 aliphatic rings. The minimum Gasteiger partial charge on any atom is -0.306 e. The molecule has 306 valence electrons. The van der Waals surface area contributed by atoms with Gasteiger partial charge in [0.15, 0.2) is 11.6 Å². The first-order valence-electron chi connectivity index (χ1n) is 22.5. The third-order valence-corrected chi connectivity index (χ3v) is 13.5. The van der Waals surface area contributed by atoms with Crippen molar-refractivity contribution in [3.05, 3.63) is 224 Å². The molecule has 0 bridgehead atoms. The molecular weight excluding hydrogens is 803 g/mol. The molecule has 0 aliphatic heterocycles. The Bertz CT molecular complexity index is 4270. The van der Waals surface area contributed by atoms with Crippen molar-refractivity contribution in [1.29, 1.82) is 0 Å². The predicted molar refractivity (Wildman–Crippen MR) is 275 cm³/mol. The molecule has 0 atom stereocenters. The fourth-order valence-corrected chi connectivity index (χ4v) is 10.7. The summed E-state index contributed by atoms with van der Waals surface area (Å²) in [6.45, 7) is 0. The van der Waals surface area contributed by atoms with Crippen LogP contribution in [0.25, 0.3) is 132 Å². The Balaban J connectivity index is 1.20. The minimum absolute atomic E-state index is 0.554. The van der Waals surface area contributed by atoms with Gasteiger partial charge in [-0.2, -0.15) is 9.97 Å². The first-order valence-corrected chi connectivity index (χ1v) is 22.5. The lowest BCUT2D eigenvalue weighted by Crippen LogP contribution is -2.07. The third-order valence-electron chi connectivity index (χ3n) is 13.5. The SMILES string of the molecule is c1ccc(-c2cccc(-c3nc(-c4ccccc4)nc(-n4c5ccccc5c5ccc6c7c8ccccc8c8c9ccccc9c9ccccc9c8c7n(-c7ccccc7)c6c54)n3)c2)cc1. The zero-order valence-corrected chi connectivity index (χ0v) is 35.6. The number of para-hydroxylation sites is 2. The summed E-state index contributed by atoms with van der Waals surface area (Å²) in [5, 5.41) is 14.5. The molecule has 5 heteroatoms. The molecule has 0 spiro atoms. The molecule has 0 amide bonds. The van der Waals surface area contributed by atoms with Crippen molar-refractivity contribution in [2.45, 2.75) is 0 Å². The lowest BCUT2D eigenvalue weighted by molar-refractivity contribution is 0.953. The topological polar surface area (TPSA) is 48.5 Å². The van der Waals surface area contributed by atoms with Gasteiger partial charge in [-0.25, -0.2) is 4.98 Å². The summed E-state index contributed by atoms with van der Waals surface area (Å²) >= 11 is 0. The van der Waals surface area contributed by atoms with E-state index in [2.05, 4.69) is 209 Å². The fraction of sp³-hybridized carbons (Fsp3) is 0. The second-order valence-corrected chi connectivity index (χ2v) is 17.1. The number of aromatic nitrogens is 5. The number of hydrogen-bond donors (Lipinski definition) is 0. The van der Waals surface area contributed by atoms with E-state index < -0.39 is 0 Å². The van der Waals surface area contributed by atoms with Gasteiger partial charge in [0.05, 0.1) is 22.1 Å². The molecule has 0 N–H and O–H groups in total. The lowest BCUT2D eigenvalue weighted by atomic mass is 9.89. The zero-order chi connectivity index (χ0) is 43.3. The van der Waals surface area contributed by atoms with Crippen LogP contribution in [-0.4, -0.2) is 24.1 Å². The maximum absolute atomic E-state index is 5.48. The van der Waals surface area contributed by atoms with Crippen LogP contribution in [0.5, 0.6) is 0 Å². The van der Waals surface area contributed by atoms with Crippen LogP contribution in [0.3, 0.4) is 0 Å². The summed E-state index contributed by atoms with van der Waals surface area (Å²) < 4.78 is 4.82. The third kappa shape index (κ3) is 5.31. The molecule has 14 rings (SSSR count). The highest BCUT2D eigenvalue weighted by Crippen LogP contribution is 2.50. The Kier molecular flexibility index (Phi) is 7.91. The van der Waals surface area contributed by atoms with E-state index in [1.807, 2.05) is 24.3 Å². The normalized spacial score (nSPS) is 11.9. The maximum atomic E-state index is 5.48. The van der Waals surface area contributed by atoms with E-state index in [1.54, 1.807) is 0 Å². The van der Waals surface area contributed by atoms with Crippen LogP contribution >= 0.6 is 0 Å². The summed E-state index contributed by atoms with van der Waals surface area (Å²) in [5.41, 5.74) is 9.47. The molecule has 0 unspecified atom stereocenters. The van der Waals surface area contributed by atoms with Crippen LogP contribution in [-0.2, 0) is 0 Å². The van der Waals surface area contributed by atoms with E-state index in [-0.39, 0.29) is 0 Å². The molecule has 0 radical (unpaired) electrons. The Morgan fingerprint density at radius 1 is 0.258 bits per heavy atom. The van der Waals surface area contributed by atoms with Gasteiger partial charge in [0, 0.05) is 49.1 Å². The molecular formula is C61H37N5. The van der Waals surface area contributed by atoms with E-state index >= 15 is 0 Å². The quantitative estimate of drug-likeness (QED) is 0.162. The van der Waals surface area contributed by atoms with Crippen LogP contribution in [0.4, 0.5) is 0 Å². The van der Waals surface area contributed by atoms with E-state index in [1.165, 1.54) is 54.0 Å². The van der Waals surface area contributed by atoms with Gasteiger partial charge in [0.1, 0.15) is 0 Å². The number of rotatable bonds is 5.